The third-order valence-electron chi connectivity index (χ3n) is 2.90. The van der Waals surface area contributed by atoms with Crippen molar-refractivity contribution in [1.82, 2.24) is 5.32 Å². The molecule has 0 bridgehead atoms. The molecule has 0 spiro atoms. The summed E-state index contributed by atoms with van der Waals surface area (Å²) in [4.78, 5) is 0. The second-order valence-electron chi connectivity index (χ2n) is 5.58. The number of rotatable bonds is 7. The summed E-state index contributed by atoms with van der Waals surface area (Å²) in [6, 6.07) is 0. The Balaban J connectivity index is 1.98. The zero-order valence-corrected chi connectivity index (χ0v) is 11.0. The topological polar surface area (TPSA) is 21.3 Å². The molecule has 0 atom stereocenters. The van der Waals surface area contributed by atoms with Gasteiger partial charge in [-0.1, -0.05) is 0 Å². The molecule has 1 aliphatic carbocycles. The molecular formula is C12H24ClNO. The number of alkyl halides is 1. The first kappa shape index (κ1) is 13.3. The minimum atomic E-state index is -0.0188. The molecule has 0 amide bonds. The van der Waals surface area contributed by atoms with Crippen LogP contribution in [0.25, 0.3) is 0 Å². The molecule has 0 radical (unpaired) electrons. The van der Waals surface area contributed by atoms with Gasteiger partial charge >= 0.3 is 0 Å². The van der Waals surface area contributed by atoms with E-state index >= 15 is 0 Å². The van der Waals surface area contributed by atoms with E-state index < -0.39 is 0 Å². The summed E-state index contributed by atoms with van der Waals surface area (Å²) in [5.74, 6) is 0.792. The van der Waals surface area contributed by atoms with Crippen LogP contribution in [-0.2, 0) is 4.74 Å². The third-order valence-corrected chi connectivity index (χ3v) is 3.08. The van der Waals surface area contributed by atoms with Crippen LogP contribution in [0.15, 0.2) is 0 Å². The van der Waals surface area contributed by atoms with Crippen molar-refractivity contribution < 1.29 is 4.74 Å². The zero-order chi connectivity index (χ0) is 11.4. The van der Waals surface area contributed by atoms with Crippen LogP contribution in [0.1, 0.15) is 40.0 Å². The fraction of sp³-hybridized carbons (Fsp3) is 1.00. The molecule has 1 N–H and O–H groups in total. The zero-order valence-electron chi connectivity index (χ0n) is 10.2. The number of halogens is 1. The van der Waals surface area contributed by atoms with Crippen LogP contribution in [0.3, 0.4) is 0 Å². The van der Waals surface area contributed by atoms with Gasteiger partial charge in [0.05, 0.1) is 12.2 Å². The van der Waals surface area contributed by atoms with Crippen LogP contribution in [0, 0.1) is 5.41 Å². The molecule has 1 aliphatic rings. The molecule has 0 unspecified atom stereocenters. The predicted octanol–water partition coefficient (Wildman–Crippen LogP) is 2.80. The summed E-state index contributed by atoms with van der Waals surface area (Å²) >= 11 is 5.77. The van der Waals surface area contributed by atoms with E-state index in [0.717, 1.165) is 32.0 Å². The molecule has 2 nitrogen and oxygen atoms in total. The predicted molar refractivity (Wildman–Crippen MR) is 65.6 cm³/mol. The van der Waals surface area contributed by atoms with Gasteiger partial charge in [-0.3, -0.25) is 0 Å². The summed E-state index contributed by atoms with van der Waals surface area (Å²) in [5, 5.41) is 3.46. The second-order valence-corrected chi connectivity index (χ2v) is 5.95. The summed E-state index contributed by atoms with van der Waals surface area (Å²) in [6.45, 7) is 9.10. The molecule has 0 heterocycles. The van der Waals surface area contributed by atoms with Crippen molar-refractivity contribution in [3.8, 4) is 0 Å². The lowest BCUT2D eigenvalue weighted by Crippen LogP contribution is -2.30. The van der Waals surface area contributed by atoms with Crippen molar-refractivity contribution in [3.63, 3.8) is 0 Å². The monoisotopic (exact) mass is 233 g/mol. The summed E-state index contributed by atoms with van der Waals surface area (Å²) in [7, 11) is 0. The van der Waals surface area contributed by atoms with E-state index in [1.54, 1.807) is 0 Å². The average molecular weight is 234 g/mol. The molecule has 0 aromatic carbocycles. The molecule has 0 aliphatic heterocycles. The maximum Gasteiger partial charge on any atom is 0.0599 e. The van der Waals surface area contributed by atoms with Gasteiger partial charge in [-0.05, 0) is 45.4 Å². The normalized spacial score (nSPS) is 19.2. The fourth-order valence-electron chi connectivity index (χ4n) is 1.68. The number of hydrogen-bond donors (Lipinski definition) is 1. The van der Waals surface area contributed by atoms with Gasteiger partial charge in [0.2, 0.25) is 0 Å². The molecule has 3 heteroatoms. The van der Waals surface area contributed by atoms with Gasteiger partial charge in [0.15, 0.2) is 0 Å². The Morgan fingerprint density at radius 3 is 2.47 bits per heavy atom. The summed E-state index contributed by atoms with van der Waals surface area (Å²) in [5.41, 5.74) is 0.512. The number of ether oxygens (including phenoxy) is 1. The Hall–Kier alpha value is 0.210. The van der Waals surface area contributed by atoms with Gasteiger partial charge in [-0.2, -0.15) is 0 Å². The summed E-state index contributed by atoms with van der Waals surface area (Å²) in [6.07, 6.45) is 3.83. The van der Waals surface area contributed by atoms with E-state index in [1.165, 1.54) is 12.8 Å². The number of nitrogens with one attached hydrogen (secondary N) is 1. The van der Waals surface area contributed by atoms with Gasteiger partial charge < -0.3 is 10.1 Å². The molecule has 1 rings (SSSR count). The van der Waals surface area contributed by atoms with Crippen LogP contribution in [0.4, 0.5) is 0 Å². The molecule has 1 fully saturated rings. The van der Waals surface area contributed by atoms with Crippen LogP contribution in [0.5, 0.6) is 0 Å². The Labute approximate surface area is 98.7 Å². The highest BCUT2D eigenvalue weighted by atomic mass is 35.5. The SMILES string of the molecule is CC(C)(C)OCCNCC1(CCCl)CC1. The number of hydrogen-bond acceptors (Lipinski definition) is 2. The van der Waals surface area contributed by atoms with Gasteiger partial charge in [0.1, 0.15) is 0 Å². The Kier molecular flexibility index (Phi) is 4.88. The Morgan fingerprint density at radius 2 is 2.00 bits per heavy atom. The average Bonchev–Trinajstić information content (AvgIpc) is 2.83. The minimum Gasteiger partial charge on any atom is -0.375 e. The van der Waals surface area contributed by atoms with Crippen molar-refractivity contribution in [3.05, 3.63) is 0 Å². The lowest BCUT2D eigenvalue weighted by Gasteiger charge is -2.20. The van der Waals surface area contributed by atoms with Crippen LogP contribution in [-0.4, -0.2) is 31.2 Å². The highest BCUT2D eigenvalue weighted by Crippen LogP contribution is 2.48. The van der Waals surface area contributed by atoms with E-state index in [2.05, 4.69) is 26.1 Å². The highest BCUT2D eigenvalue weighted by Gasteiger charge is 2.40. The molecule has 0 saturated heterocycles. The van der Waals surface area contributed by atoms with Crippen molar-refractivity contribution in [2.24, 2.45) is 5.41 Å². The van der Waals surface area contributed by atoms with E-state index in [4.69, 9.17) is 16.3 Å². The van der Waals surface area contributed by atoms with Crippen molar-refractivity contribution in [2.45, 2.75) is 45.6 Å². The first-order valence-electron chi connectivity index (χ1n) is 5.88. The fourth-order valence-corrected chi connectivity index (χ4v) is 2.08. The van der Waals surface area contributed by atoms with Gasteiger partial charge in [0.25, 0.3) is 0 Å². The quantitative estimate of drug-likeness (QED) is 0.540. The smallest absolute Gasteiger partial charge is 0.0599 e. The lowest BCUT2D eigenvalue weighted by molar-refractivity contribution is -0.00109. The molecule has 0 aromatic rings. The Morgan fingerprint density at radius 1 is 1.33 bits per heavy atom. The van der Waals surface area contributed by atoms with E-state index in [-0.39, 0.29) is 5.60 Å². The van der Waals surface area contributed by atoms with Gasteiger partial charge in [0, 0.05) is 19.0 Å². The Bertz CT molecular complexity index is 185. The van der Waals surface area contributed by atoms with Crippen molar-refractivity contribution in [1.29, 1.82) is 0 Å². The standard InChI is InChI=1S/C12H24ClNO/c1-11(2,3)15-9-8-14-10-12(4-5-12)6-7-13/h14H,4-10H2,1-3H3. The first-order valence-corrected chi connectivity index (χ1v) is 6.42. The first-order chi connectivity index (χ1) is 6.97. The molecule has 0 aromatic heterocycles. The van der Waals surface area contributed by atoms with Crippen molar-refractivity contribution in [2.75, 3.05) is 25.6 Å². The van der Waals surface area contributed by atoms with Crippen LogP contribution < -0.4 is 5.32 Å². The van der Waals surface area contributed by atoms with E-state index in [1.807, 2.05) is 0 Å². The van der Waals surface area contributed by atoms with Crippen molar-refractivity contribution >= 4 is 11.6 Å². The minimum absolute atomic E-state index is 0.0188. The summed E-state index contributed by atoms with van der Waals surface area (Å²) < 4.78 is 5.64. The van der Waals surface area contributed by atoms with Gasteiger partial charge in [-0.15, -0.1) is 11.6 Å². The highest BCUT2D eigenvalue weighted by molar-refractivity contribution is 6.17. The largest absolute Gasteiger partial charge is 0.375 e. The molecule has 1 saturated carbocycles. The van der Waals surface area contributed by atoms with E-state index in [9.17, 15) is 0 Å². The molecule has 90 valence electrons. The van der Waals surface area contributed by atoms with Crippen LogP contribution >= 0.6 is 11.6 Å². The van der Waals surface area contributed by atoms with Crippen LogP contribution in [0.2, 0.25) is 0 Å². The third kappa shape index (κ3) is 5.74. The second kappa shape index (κ2) is 5.51. The van der Waals surface area contributed by atoms with E-state index in [0.29, 0.717) is 5.41 Å². The molecule has 15 heavy (non-hydrogen) atoms. The lowest BCUT2D eigenvalue weighted by atomic mass is 10.0. The molecular weight excluding hydrogens is 210 g/mol. The maximum atomic E-state index is 5.77. The van der Waals surface area contributed by atoms with Gasteiger partial charge in [-0.25, -0.2) is 0 Å². The maximum absolute atomic E-state index is 5.77.